The van der Waals surface area contributed by atoms with E-state index in [1.54, 1.807) is 7.05 Å². The lowest BCUT2D eigenvalue weighted by Crippen LogP contribution is -2.31. The summed E-state index contributed by atoms with van der Waals surface area (Å²) >= 11 is 0. The van der Waals surface area contributed by atoms with E-state index >= 15 is 0 Å². The van der Waals surface area contributed by atoms with Gasteiger partial charge < -0.3 is 4.57 Å². The Morgan fingerprint density at radius 1 is 1.44 bits per heavy atom. The van der Waals surface area contributed by atoms with Gasteiger partial charge in [0, 0.05) is 19.8 Å². The van der Waals surface area contributed by atoms with Crippen LogP contribution >= 0.6 is 0 Å². The quantitative estimate of drug-likeness (QED) is 0.638. The minimum Gasteiger partial charge on any atom is -0.339 e. The molecule has 8 nitrogen and oxygen atoms in total. The molecule has 0 fully saturated rings. The SMILES string of the molecule is Cn1cnc(S(=O)(=O)NCCS(N)(=O)=O)c1. The lowest BCUT2D eigenvalue weighted by molar-refractivity contribution is 0.578. The zero-order chi connectivity index (χ0) is 12.4. The highest BCUT2D eigenvalue weighted by Gasteiger charge is 2.17. The van der Waals surface area contributed by atoms with E-state index in [-0.39, 0.29) is 11.6 Å². The van der Waals surface area contributed by atoms with E-state index in [2.05, 4.69) is 9.71 Å². The number of aryl methyl sites for hydroxylation is 1. The second-order valence-corrected chi connectivity index (χ2v) is 6.59. The molecule has 0 spiro atoms. The molecule has 0 aliphatic carbocycles. The maximum atomic E-state index is 11.5. The number of imidazole rings is 1. The number of hydrogen-bond donors (Lipinski definition) is 2. The van der Waals surface area contributed by atoms with E-state index < -0.39 is 25.8 Å². The molecule has 0 radical (unpaired) electrons. The first kappa shape index (κ1) is 13.1. The number of nitrogens with one attached hydrogen (secondary N) is 1. The molecule has 0 amide bonds. The zero-order valence-electron chi connectivity index (χ0n) is 8.49. The van der Waals surface area contributed by atoms with Crippen molar-refractivity contribution in [2.24, 2.45) is 12.2 Å². The minimum atomic E-state index is -3.76. The number of nitrogens with two attached hydrogens (primary N) is 1. The van der Waals surface area contributed by atoms with Crippen LogP contribution in [0.2, 0.25) is 0 Å². The maximum Gasteiger partial charge on any atom is 0.259 e. The predicted octanol–water partition coefficient (Wildman–Crippen LogP) is -2.01. The molecule has 0 aromatic carbocycles. The van der Waals surface area contributed by atoms with E-state index in [0.29, 0.717) is 0 Å². The van der Waals surface area contributed by atoms with Gasteiger partial charge in [0.05, 0.1) is 12.1 Å². The minimum absolute atomic E-state index is 0.163. The van der Waals surface area contributed by atoms with E-state index in [1.807, 2.05) is 0 Å². The van der Waals surface area contributed by atoms with Gasteiger partial charge in [0.25, 0.3) is 10.0 Å². The summed E-state index contributed by atoms with van der Waals surface area (Å²) in [6, 6.07) is 0. The molecule has 0 bridgehead atoms. The van der Waals surface area contributed by atoms with Crippen LogP contribution in [0.25, 0.3) is 0 Å². The first-order valence-electron chi connectivity index (χ1n) is 4.19. The summed E-state index contributed by atoms with van der Waals surface area (Å²) in [7, 11) is -5.82. The molecule has 0 aliphatic rings. The molecule has 0 aliphatic heterocycles. The second kappa shape index (κ2) is 4.49. The average Bonchev–Trinajstić information content (AvgIpc) is 2.49. The van der Waals surface area contributed by atoms with E-state index in [1.165, 1.54) is 17.1 Å². The predicted molar refractivity (Wildman–Crippen MR) is 56.4 cm³/mol. The van der Waals surface area contributed by atoms with E-state index in [0.717, 1.165) is 0 Å². The molecule has 92 valence electrons. The molecule has 0 unspecified atom stereocenters. The highest BCUT2D eigenvalue weighted by molar-refractivity contribution is 7.90. The van der Waals surface area contributed by atoms with Crippen LogP contribution in [-0.2, 0) is 27.1 Å². The van der Waals surface area contributed by atoms with Crippen molar-refractivity contribution in [2.75, 3.05) is 12.3 Å². The lowest BCUT2D eigenvalue weighted by Gasteiger charge is -2.02. The first-order valence-corrected chi connectivity index (χ1v) is 7.39. The van der Waals surface area contributed by atoms with Gasteiger partial charge in [0.2, 0.25) is 10.0 Å². The number of aromatic nitrogens is 2. The fraction of sp³-hybridized carbons (Fsp3) is 0.500. The van der Waals surface area contributed by atoms with Gasteiger partial charge in [-0.2, -0.15) is 0 Å². The summed E-state index contributed by atoms with van der Waals surface area (Å²) in [5.74, 6) is -0.459. The summed E-state index contributed by atoms with van der Waals surface area (Å²) in [6.07, 6.45) is 2.63. The van der Waals surface area contributed by atoms with Crippen molar-refractivity contribution in [3.05, 3.63) is 12.5 Å². The van der Waals surface area contributed by atoms with Crippen LogP contribution in [-0.4, -0.2) is 38.7 Å². The van der Waals surface area contributed by atoms with E-state index in [4.69, 9.17) is 5.14 Å². The topological polar surface area (TPSA) is 124 Å². The fourth-order valence-electron chi connectivity index (χ4n) is 0.920. The number of nitrogens with zero attached hydrogens (tertiary/aromatic N) is 2. The third-order valence-corrected chi connectivity index (χ3v) is 3.75. The molecular weight excluding hydrogens is 256 g/mol. The Morgan fingerprint density at radius 2 is 2.06 bits per heavy atom. The Balaban J connectivity index is 2.67. The van der Waals surface area contributed by atoms with Crippen molar-refractivity contribution >= 4 is 20.0 Å². The van der Waals surface area contributed by atoms with Crippen LogP contribution < -0.4 is 9.86 Å². The van der Waals surface area contributed by atoms with Crippen molar-refractivity contribution in [3.63, 3.8) is 0 Å². The summed E-state index contributed by atoms with van der Waals surface area (Å²) in [5.41, 5.74) is 0. The summed E-state index contributed by atoms with van der Waals surface area (Å²) < 4.78 is 47.7. The zero-order valence-corrected chi connectivity index (χ0v) is 10.1. The molecule has 10 heteroatoms. The maximum absolute atomic E-state index is 11.5. The van der Waals surface area contributed by atoms with Crippen LogP contribution in [0, 0.1) is 0 Å². The van der Waals surface area contributed by atoms with Crippen molar-refractivity contribution < 1.29 is 16.8 Å². The van der Waals surface area contributed by atoms with Crippen molar-refractivity contribution in [1.29, 1.82) is 0 Å². The van der Waals surface area contributed by atoms with Gasteiger partial charge in [-0.25, -0.2) is 31.7 Å². The average molecular weight is 268 g/mol. The first-order chi connectivity index (χ1) is 7.21. The Morgan fingerprint density at radius 3 is 2.50 bits per heavy atom. The third kappa shape index (κ3) is 3.89. The van der Waals surface area contributed by atoms with Gasteiger partial charge in [-0.1, -0.05) is 0 Å². The van der Waals surface area contributed by atoms with Crippen molar-refractivity contribution in [3.8, 4) is 0 Å². The Bertz CT molecular complexity index is 559. The van der Waals surface area contributed by atoms with Gasteiger partial charge in [0.1, 0.15) is 0 Å². The van der Waals surface area contributed by atoms with Crippen molar-refractivity contribution in [2.45, 2.75) is 5.03 Å². The number of sulfonamides is 2. The molecule has 0 atom stereocenters. The monoisotopic (exact) mass is 268 g/mol. The number of rotatable bonds is 5. The standard InChI is InChI=1S/C6H12N4O4S2/c1-10-4-6(8-5-10)16(13,14)9-2-3-15(7,11)12/h4-5,9H,2-3H2,1H3,(H2,7,11,12). The number of hydrogen-bond acceptors (Lipinski definition) is 5. The molecule has 3 N–H and O–H groups in total. The van der Waals surface area contributed by atoms with Crippen molar-refractivity contribution in [1.82, 2.24) is 14.3 Å². The molecule has 0 saturated heterocycles. The largest absolute Gasteiger partial charge is 0.339 e. The molecule has 1 aromatic rings. The molecule has 1 aromatic heterocycles. The highest BCUT2D eigenvalue weighted by Crippen LogP contribution is 2.02. The molecular formula is C6H12N4O4S2. The van der Waals surface area contributed by atoms with Crippen LogP contribution in [0.15, 0.2) is 17.6 Å². The fourth-order valence-corrected chi connectivity index (χ4v) is 2.45. The van der Waals surface area contributed by atoms with Gasteiger partial charge in [0.15, 0.2) is 5.03 Å². The van der Waals surface area contributed by atoms with Gasteiger partial charge in [-0.15, -0.1) is 0 Å². The lowest BCUT2D eigenvalue weighted by atomic mass is 10.8. The summed E-state index contributed by atoms with van der Waals surface area (Å²) in [4.78, 5) is 3.63. The molecule has 0 saturated carbocycles. The smallest absolute Gasteiger partial charge is 0.259 e. The second-order valence-electron chi connectivity index (χ2n) is 3.14. The van der Waals surface area contributed by atoms with Crippen LogP contribution in [0.1, 0.15) is 0 Å². The van der Waals surface area contributed by atoms with Crippen LogP contribution in [0.3, 0.4) is 0 Å². The molecule has 1 rings (SSSR count). The van der Waals surface area contributed by atoms with Crippen LogP contribution in [0.5, 0.6) is 0 Å². The van der Waals surface area contributed by atoms with E-state index in [9.17, 15) is 16.8 Å². The normalized spacial score (nSPS) is 12.9. The Hall–Kier alpha value is -0.970. The van der Waals surface area contributed by atoms with Gasteiger partial charge in [-0.3, -0.25) is 0 Å². The molecule has 16 heavy (non-hydrogen) atoms. The highest BCUT2D eigenvalue weighted by atomic mass is 32.2. The van der Waals surface area contributed by atoms with Crippen LogP contribution in [0.4, 0.5) is 0 Å². The number of primary sulfonamides is 1. The third-order valence-electron chi connectivity index (χ3n) is 1.64. The van der Waals surface area contributed by atoms with Gasteiger partial charge in [-0.05, 0) is 0 Å². The van der Waals surface area contributed by atoms with Gasteiger partial charge >= 0.3 is 0 Å². The Kier molecular flexibility index (Phi) is 3.68. The summed E-state index contributed by atoms with van der Waals surface area (Å²) in [6.45, 7) is -0.280. The molecule has 1 heterocycles. The Labute approximate surface area is 93.6 Å². The summed E-state index contributed by atoms with van der Waals surface area (Å²) in [5, 5.41) is 4.56.